The number of benzene rings is 2. The summed E-state index contributed by atoms with van der Waals surface area (Å²) in [6, 6.07) is 16.4. The van der Waals surface area contributed by atoms with Gasteiger partial charge in [-0.15, -0.1) is 12.4 Å². The molecule has 2 N–H and O–H groups in total. The number of hydrogen-bond donors (Lipinski definition) is 1. The lowest BCUT2D eigenvalue weighted by Gasteiger charge is -2.17. The minimum Gasteiger partial charge on any atom is -0.487 e. The van der Waals surface area contributed by atoms with Crippen molar-refractivity contribution in [2.24, 2.45) is 5.73 Å². The van der Waals surface area contributed by atoms with E-state index in [0.29, 0.717) is 17.9 Å². The van der Waals surface area contributed by atoms with Crippen LogP contribution in [0.4, 0.5) is 4.39 Å². The van der Waals surface area contributed by atoms with Gasteiger partial charge in [0.25, 0.3) is 5.91 Å². The molecule has 2 rings (SSSR count). The molecule has 0 saturated carbocycles. The Hall–Kier alpha value is -2.37. The van der Waals surface area contributed by atoms with Gasteiger partial charge in [-0.25, -0.2) is 4.39 Å². The van der Waals surface area contributed by atoms with E-state index in [-0.39, 0.29) is 31.5 Å². The van der Waals surface area contributed by atoms with Gasteiger partial charge in [0.2, 0.25) is 0 Å². The van der Waals surface area contributed by atoms with Crippen molar-refractivity contribution in [1.82, 2.24) is 4.90 Å². The van der Waals surface area contributed by atoms with Gasteiger partial charge in [0.1, 0.15) is 18.2 Å². The number of nitrogens with two attached hydrogens (primary N) is 1. The van der Waals surface area contributed by atoms with Crippen LogP contribution >= 0.6 is 12.4 Å². The highest BCUT2D eigenvalue weighted by Crippen LogP contribution is 2.15. The molecule has 4 nitrogen and oxygen atoms in total. The van der Waals surface area contributed by atoms with E-state index in [0.717, 1.165) is 5.56 Å². The van der Waals surface area contributed by atoms with Gasteiger partial charge in [0, 0.05) is 25.7 Å². The molecular formula is C19H22ClFN2O2. The number of halogens is 2. The molecule has 0 aliphatic rings. The normalized spacial score (nSPS) is 10.8. The molecule has 0 unspecified atom stereocenters. The lowest BCUT2D eigenvalue weighted by molar-refractivity contribution is 0.0785. The highest BCUT2D eigenvalue weighted by Gasteiger charge is 2.12. The van der Waals surface area contributed by atoms with Crippen molar-refractivity contribution in [3.8, 4) is 5.75 Å². The van der Waals surface area contributed by atoms with E-state index in [9.17, 15) is 9.18 Å². The van der Waals surface area contributed by atoms with Gasteiger partial charge >= 0.3 is 0 Å². The van der Waals surface area contributed by atoms with Crippen LogP contribution in [0.2, 0.25) is 0 Å². The fraction of sp³-hybridized carbons (Fsp3) is 0.211. The Labute approximate surface area is 153 Å². The first-order valence-electron chi connectivity index (χ1n) is 7.67. The maximum absolute atomic E-state index is 13.2. The van der Waals surface area contributed by atoms with E-state index >= 15 is 0 Å². The second-order valence-electron chi connectivity index (χ2n) is 5.35. The number of carbonyl (C=O) groups is 1. The average Bonchev–Trinajstić information content (AvgIpc) is 2.61. The number of nitrogens with zero attached hydrogens (tertiary/aromatic N) is 1. The highest BCUT2D eigenvalue weighted by atomic mass is 35.5. The van der Waals surface area contributed by atoms with Crippen LogP contribution in [-0.2, 0) is 6.54 Å². The van der Waals surface area contributed by atoms with E-state index < -0.39 is 5.83 Å². The molecule has 0 atom stereocenters. The molecule has 0 spiro atoms. The summed E-state index contributed by atoms with van der Waals surface area (Å²) < 4.78 is 18.5. The summed E-state index contributed by atoms with van der Waals surface area (Å²) in [5.41, 5.74) is 6.84. The summed E-state index contributed by atoms with van der Waals surface area (Å²) in [6.45, 7) is 0.502. The van der Waals surface area contributed by atoms with Crippen molar-refractivity contribution in [1.29, 1.82) is 0 Å². The van der Waals surface area contributed by atoms with Gasteiger partial charge in [-0.05, 0) is 35.9 Å². The van der Waals surface area contributed by atoms with Gasteiger partial charge in [0.05, 0.1) is 0 Å². The standard InChI is InChI=1S/C19H21FN2O2.ClH/c1-22(13-15-5-3-2-4-6-15)19(23)16-7-9-18(10-8-16)24-14-17(20)11-12-21;/h2-11H,12-14,21H2,1H3;1H/b17-11-;. The third-order valence-electron chi connectivity index (χ3n) is 3.43. The average molecular weight is 365 g/mol. The van der Waals surface area contributed by atoms with Crippen LogP contribution in [0.15, 0.2) is 66.5 Å². The zero-order chi connectivity index (χ0) is 17.4. The first-order valence-corrected chi connectivity index (χ1v) is 7.67. The number of ether oxygens (including phenoxy) is 1. The molecule has 1 amide bonds. The molecule has 0 aliphatic carbocycles. The van der Waals surface area contributed by atoms with Crippen LogP contribution < -0.4 is 10.5 Å². The maximum atomic E-state index is 13.2. The zero-order valence-electron chi connectivity index (χ0n) is 14.0. The van der Waals surface area contributed by atoms with Crippen molar-refractivity contribution in [2.75, 3.05) is 20.2 Å². The van der Waals surface area contributed by atoms with Gasteiger partial charge in [-0.1, -0.05) is 30.3 Å². The Morgan fingerprint density at radius 2 is 1.80 bits per heavy atom. The lowest BCUT2D eigenvalue weighted by atomic mass is 10.1. The van der Waals surface area contributed by atoms with Crippen molar-refractivity contribution in [3.63, 3.8) is 0 Å². The summed E-state index contributed by atoms with van der Waals surface area (Å²) >= 11 is 0. The molecule has 0 saturated heterocycles. The van der Waals surface area contributed by atoms with E-state index in [1.165, 1.54) is 6.08 Å². The SMILES string of the molecule is CN(Cc1ccccc1)C(=O)c1ccc(OC/C(F)=C/CN)cc1.Cl. The topological polar surface area (TPSA) is 55.6 Å². The Kier molecular flexibility index (Phi) is 8.67. The maximum Gasteiger partial charge on any atom is 0.253 e. The van der Waals surface area contributed by atoms with Crippen molar-refractivity contribution in [2.45, 2.75) is 6.54 Å². The zero-order valence-corrected chi connectivity index (χ0v) is 14.8. The van der Waals surface area contributed by atoms with Crippen LogP contribution in [0.1, 0.15) is 15.9 Å². The van der Waals surface area contributed by atoms with Crippen molar-refractivity contribution in [3.05, 3.63) is 77.6 Å². The second kappa shape index (κ2) is 10.5. The van der Waals surface area contributed by atoms with Crippen molar-refractivity contribution >= 4 is 18.3 Å². The number of rotatable bonds is 7. The first kappa shape index (κ1) is 20.7. The van der Waals surface area contributed by atoms with Crippen LogP contribution in [0.3, 0.4) is 0 Å². The fourth-order valence-corrected chi connectivity index (χ4v) is 2.18. The first-order chi connectivity index (χ1) is 11.6. The minimum atomic E-state index is -0.416. The Morgan fingerprint density at radius 1 is 1.16 bits per heavy atom. The number of hydrogen-bond acceptors (Lipinski definition) is 3. The van der Waals surface area contributed by atoms with Crippen LogP contribution in [0.5, 0.6) is 5.75 Å². The molecule has 0 heterocycles. The highest BCUT2D eigenvalue weighted by molar-refractivity contribution is 5.94. The van der Waals surface area contributed by atoms with Crippen molar-refractivity contribution < 1.29 is 13.9 Å². The van der Waals surface area contributed by atoms with Gasteiger partial charge in [0.15, 0.2) is 0 Å². The third-order valence-corrected chi connectivity index (χ3v) is 3.43. The number of amides is 1. The van der Waals surface area contributed by atoms with Gasteiger partial charge < -0.3 is 15.4 Å². The smallest absolute Gasteiger partial charge is 0.253 e. The molecule has 0 bridgehead atoms. The summed E-state index contributed by atoms with van der Waals surface area (Å²) in [6.07, 6.45) is 1.26. The van der Waals surface area contributed by atoms with Crippen LogP contribution in [0.25, 0.3) is 0 Å². The summed E-state index contributed by atoms with van der Waals surface area (Å²) in [7, 11) is 1.76. The van der Waals surface area contributed by atoms with Gasteiger partial charge in [-0.3, -0.25) is 4.79 Å². The third kappa shape index (κ3) is 6.57. The monoisotopic (exact) mass is 364 g/mol. The van der Waals surface area contributed by atoms with E-state index in [2.05, 4.69) is 0 Å². The molecule has 0 aliphatic heterocycles. The molecular weight excluding hydrogens is 343 g/mol. The van der Waals surface area contributed by atoms with E-state index in [1.807, 2.05) is 30.3 Å². The molecule has 2 aromatic carbocycles. The Bertz CT molecular complexity index is 690. The molecule has 0 aromatic heterocycles. The number of carbonyl (C=O) groups excluding carboxylic acids is 1. The molecule has 134 valence electrons. The van der Waals surface area contributed by atoms with Crippen LogP contribution in [-0.4, -0.2) is 31.0 Å². The summed E-state index contributed by atoms with van der Waals surface area (Å²) in [5.74, 6) is -0.00214. The van der Waals surface area contributed by atoms with Crippen LogP contribution in [0, 0.1) is 0 Å². The predicted molar refractivity (Wildman–Crippen MR) is 99.7 cm³/mol. The molecule has 6 heteroatoms. The molecule has 2 aromatic rings. The largest absolute Gasteiger partial charge is 0.487 e. The minimum absolute atomic E-state index is 0. The quantitative estimate of drug-likeness (QED) is 0.817. The van der Waals surface area contributed by atoms with Gasteiger partial charge in [-0.2, -0.15) is 0 Å². The second-order valence-corrected chi connectivity index (χ2v) is 5.35. The Balaban J connectivity index is 0.00000312. The fourth-order valence-electron chi connectivity index (χ4n) is 2.18. The molecule has 0 radical (unpaired) electrons. The molecule has 0 fully saturated rings. The Morgan fingerprint density at radius 3 is 2.40 bits per heavy atom. The summed E-state index contributed by atoms with van der Waals surface area (Å²) in [4.78, 5) is 14.1. The summed E-state index contributed by atoms with van der Waals surface area (Å²) in [5, 5.41) is 0. The lowest BCUT2D eigenvalue weighted by Crippen LogP contribution is -2.26. The molecule has 25 heavy (non-hydrogen) atoms. The van der Waals surface area contributed by atoms with E-state index in [4.69, 9.17) is 10.5 Å². The van der Waals surface area contributed by atoms with E-state index in [1.54, 1.807) is 36.2 Å². The predicted octanol–water partition coefficient (Wildman–Crippen LogP) is 3.57.